The van der Waals surface area contributed by atoms with Crippen molar-refractivity contribution in [3.05, 3.63) is 0 Å². The zero-order chi connectivity index (χ0) is 13.7. The Morgan fingerprint density at radius 1 is 1.26 bits per heavy atom. The Labute approximate surface area is 121 Å². The van der Waals surface area contributed by atoms with Gasteiger partial charge < -0.3 is 9.64 Å². The average molecular weight is 288 g/mol. The van der Waals surface area contributed by atoms with Gasteiger partial charge in [-0.15, -0.1) is 11.6 Å². The Kier molecular flexibility index (Phi) is 5.96. The van der Waals surface area contributed by atoms with Crippen LogP contribution in [0.15, 0.2) is 0 Å². The van der Waals surface area contributed by atoms with Crippen molar-refractivity contribution < 1.29 is 9.53 Å². The smallest absolute Gasteiger partial charge is 0.237 e. The molecule has 1 atom stereocenters. The van der Waals surface area contributed by atoms with Gasteiger partial charge in [0.1, 0.15) is 5.88 Å². The first-order valence-electron chi connectivity index (χ1n) is 7.71. The van der Waals surface area contributed by atoms with Gasteiger partial charge in [-0.05, 0) is 44.4 Å². The number of hydrogen-bond acceptors (Lipinski definition) is 2. The van der Waals surface area contributed by atoms with E-state index in [2.05, 4.69) is 6.92 Å². The van der Waals surface area contributed by atoms with E-state index in [4.69, 9.17) is 16.3 Å². The summed E-state index contributed by atoms with van der Waals surface area (Å²) in [4.78, 5) is 14.1. The maximum Gasteiger partial charge on any atom is 0.237 e. The first-order chi connectivity index (χ1) is 9.24. The number of rotatable bonds is 5. The lowest BCUT2D eigenvalue weighted by Gasteiger charge is -2.37. The van der Waals surface area contributed by atoms with E-state index in [-0.39, 0.29) is 17.9 Å². The molecule has 0 bridgehead atoms. The van der Waals surface area contributed by atoms with Gasteiger partial charge in [-0.2, -0.15) is 0 Å². The lowest BCUT2D eigenvalue weighted by molar-refractivity contribution is -0.133. The van der Waals surface area contributed by atoms with Crippen molar-refractivity contribution in [2.75, 3.05) is 19.0 Å². The summed E-state index contributed by atoms with van der Waals surface area (Å²) in [7, 11) is 0. The van der Waals surface area contributed by atoms with Gasteiger partial charge in [0.05, 0.1) is 6.10 Å². The molecule has 0 aromatic heterocycles. The summed E-state index contributed by atoms with van der Waals surface area (Å²) in [5.74, 6) is 1.03. The molecule has 3 nitrogen and oxygen atoms in total. The maximum absolute atomic E-state index is 12.1. The van der Waals surface area contributed by atoms with E-state index in [1.54, 1.807) is 0 Å². The molecular formula is C15H26ClNO2. The molecule has 19 heavy (non-hydrogen) atoms. The van der Waals surface area contributed by atoms with Gasteiger partial charge in [-0.25, -0.2) is 0 Å². The van der Waals surface area contributed by atoms with Crippen molar-refractivity contribution in [3.63, 3.8) is 0 Å². The zero-order valence-corrected chi connectivity index (χ0v) is 12.7. The van der Waals surface area contributed by atoms with Gasteiger partial charge >= 0.3 is 0 Å². The first-order valence-corrected chi connectivity index (χ1v) is 8.25. The second-order valence-corrected chi connectivity index (χ2v) is 6.16. The fourth-order valence-corrected chi connectivity index (χ4v) is 3.56. The van der Waals surface area contributed by atoms with Crippen LogP contribution in [0.25, 0.3) is 0 Å². The molecule has 1 saturated heterocycles. The molecule has 2 fully saturated rings. The molecule has 0 spiro atoms. The quantitative estimate of drug-likeness (QED) is 0.727. The third kappa shape index (κ3) is 4.09. The van der Waals surface area contributed by atoms with Gasteiger partial charge in [-0.1, -0.05) is 13.3 Å². The average Bonchev–Trinajstić information content (AvgIpc) is 2.97. The van der Waals surface area contributed by atoms with Gasteiger partial charge in [0.15, 0.2) is 0 Å². The molecule has 4 heteroatoms. The van der Waals surface area contributed by atoms with Gasteiger partial charge in [-0.3, -0.25) is 4.79 Å². The lowest BCUT2D eigenvalue weighted by Crippen LogP contribution is -2.46. The summed E-state index contributed by atoms with van der Waals surface area (Å²) < 4.78 is 5.67. The lowest BCUT2D eigenvalue weighted by atomic mass is 9.84. The van der Waals surface area contributed by atoms with Crippen LogP contribution in [0.3, 0.4) is 0 Å². The van der Waals surface area contributed by atoms with Crippen molar-refractivity contribution in [2.45, 2.75) is 64.0 Å². The summed E-state index contributed by atoms with van der Waals surface area (Å²) in [6.45, 7) is 3.85. The van der Waals surface area contributed by atoms with E-state index in [1.807, 2.05) is 4.90 Å². The van der Waals surface area contributed by atoms with E-state index >= 15 is 0 Å². The molecule has 1 amide bonds. The Morgan fingerprint density at radius 2 is 2.00 bits per heavy atom. The van der Waals surface area contributed by atoms with E-state index in [1.165, 1.54) is 19.3 Å². The van der Waals surface area contributed by atoms with Crippen LogP contribution < -0.4 is 0 Å². The molecule has 1 heterocycles. The highest BCUT2D eigenvalue weighted by molar-refractivity contribution is 6.27. The molecule has 1 aliphatic carbocycles. The Bertz CT molecular complexity index is 284. The number of halogens is 1. The molecule has 0 aromatic rings. The molecule has 1 saturated carbocycles. The molecule has 2 aliphatic rings. The summed E-state index contributed by atoms with van der Waals surface area (Å²) in [6, 6.07) is 0.387. The predicted octanol–water partition coefficient (Wildman–Crippen LogP) is 3.20. The predicted molar refractivity (Wildman–Crippen MR) is 77.4 cm³/mol. The molecule has 0 N–H and O–H groups in total. The summed E-state index contributed by atoms with van der Waals surface area (Å²) in [6.07, 6.45) is 8.46. The molecule has 1 aliphatic heterocycles. The number of nitrogens with zero attached hydrogens (tertiary/aromatic N) is 1. The third-order valence-corrected chi connectivity index (χ3v) is 4.92. The molecule has 0 radical (unpaired) electrons. The fraction of sp³-hybridized carbons (Fsp3) is 0.933. The summed E-state index contributed by atoms with van der Waals surface area (Å²) in [5.41, 5.74) is 0. The van der Waals surface area contributed by atoms with Crippen LogP contribution in [0.5, 0.6) is 0 Å². The van der Waals surface area contributed by atoms with E-state index in [0.717, 1.165) is 44.8 Å². The Hall–Kier alpha value is -0.280. The second-order valence-electron chi connectivity index (χ2n) is 5.90. The molecule has 0 unspecified atom stereocenters. The standard InChI is InChI=1S/C15H26ClNO2/c1-2-12-5-7-13(8-6-12)17(15(18)10-16)11-14-4-3-9-19-14/h12-14H,2-11H2,1H3/t12?,13?,14-/m1/s1. The van der Waals surface area contributed by atoms with Crippen LogP contribution in [-0.4, -0.2) is 42.0 Å². The normalized spacial score (nSPS) is 31.4. The summed E-state index contributed by atoms with van der Waals surface area (Å²) in [5, 5.41) is 0. The number of amides is 1. The van der Waals surface area contributed by atoms with Crippen molar-refractivity contribution >= 4 is 17.5 Å². The highest BCUT2D eigenvalue weighted by atomic mass is 35.5. The highest BCUT2D eigenvalue weighted by Crippen LogP contribution is 2.30. The first kappa shape index (κ1) is 15.1. The zero-order valence-electron chi connectivity index (χ0n) is 11.9. The number of hydrogen-bond donors (Lipinski definition) is 0. The minimum absolute atomic E-state index is 0.0807. The van der Waals surface area contributed by atoms with Crippen molar-refractivity contribution in [3.8, 4) is 0 Å². The fourth-order valence-electron chi connectivity index (χ4n) is 3.40. The number of carbonyl (C=O) groups is 1. The van der Waals surface area contributed by atoms with Crippen molar-refractivity contribution in [1.82, 2.24) is 4.90 Å². The van der Waals surface area contributed by atoms with Crippen LogP contribution in [-0.2, 0) is 9.53 Å². The van der Waals surface area contributed by atoms with Gasteiger partial charge in [0.2, 0.25) is 5.91 Å². The van der Waals surface area contributed by atoms with Crippen LogP contribution in [0.1, 0.15) is 51.9 Å². The van der Waals surface area contributed by atoms with Gasteiger partial charge in [0, 0.05) is 19.2 Å². The summed E-state index contributed by atoms with van der Waals surface area (Å²) >= 11 is 5.78. The highest BCUT2D eigenvalue weighted by Gasteiger charge is 2.30. The molecule has 110 valence electrons. The van der Waals surface area contributed by atoms with Crippen molar-refractivity contribution in [1.29, 1.82) is 0 Å². The second kappa shape index (κ2) is 7.49. The number of ether oxygens (including phenoxy) is 1. The topological polar surface area (TPSA) is 29.5 Å². The SMILES string of the molecule is CCC1CCC(N(C[C@H]2CCCO2)C(=O)CCl)CC1. The van der Waals surface area contributed by atoms with E-state index in [9.17, 15) is 4.79 Å². The molecular weight excluding hydrogens is 262 g/mol. The van der Waals surface area contributed by atoms with Crippen LogP contribution >= 0.6 is 11.6 Å². The Balaban J connectivity index is 1.91. The van der Waals surface area contributed by atoms with E-state index in [0.29, 0.717) is 6.04 Å². The van der Waals surface area contributed by atoms with Crippen molar-refractivity contribution in [2.24, 2.45) is 5.92 Å². The van der Waals surface area contributed by atoms with Crippen LogP contribution in [0.2, 0.25) is 0 Å². The third-order valence-electron chi connectivity index (χ3n) is 4.69. The molecule has 0 aromatic carbocycles. The maximum atomic E-state index is 12.1. The van der Waals surface area contributed by atoms with Gasteiger partial charge in [0.25, 0.3) is 0 Å². The minimum Gasteiger partial charge on any atom is -0.376 e. The van der Waals surface area contributed by atoms with Crippen LogP contribution in [0.4, 0.5) is 0 Å². The largest absolute Gasteiger partial charge is 0.376 e. The minimum atomic E-state index is 0.0807. The number of carbonyl (C=O) groups excluding carboxylic acids is 1. The molecule has 2 rings (SSSR count). The van der Waals surface area contributed by atoms with E-state index < -0.39 is 0 Å². The number of alkyl halides is 1. The monoisotopic (exact) mass is 287 g/mol. The van der Waals surface area contributed by atoms with Crippen LogP contribution in [0, 0.1) is 5.92 Å². The Morgan fingerprint density at radius 3 is 2.53 bits per heavy atom.